The standard InChI is InChI=1S/C15H20O4/c1-11(19-12(2)16)14(17)15(3,4)18-10-13-8-6-5-7-9-13/h5-9,11H,10H2,1-4H3. The van der Waals surface area contributed by atoms with Crippen LogP contribution in [0.25, 0.3) is 0 Å². The molecule has 1 aromatic carbocycles. The maximum atomic E-state index is 12.1. The molecule has 4 nitrogen and oxygen atoms in total. The average Bonchev–Trinajstić information content (AvgIpc) is 2.36. The molecule has 1 unspecified atom stereocenters. The minimum atomic E-state index is -0.995. The fraction of sp³-hybridized carbons (Fsp3) is 0.467. The molecule has 0 heterocycles. The van der Waals surface area contributed by atoms with Gasteiger partial charge in [-0.3, -0.25) is 9.59 Å². The van der Waals surface area contributed by atoms with Gasteiger partial charge in [0, 0.05) is 6.92 Å². The van der Waals surface area contributed by atoms with Gasteiger partial charge in [0.15, 0.2) is 6.10 Å². The van der Waals surface area contributed by atoms with E-state index in [-0.39, 0.29) is 5.78 Å². The number of esters is 1. The zero-order chi connectivity index (χ0) is 14.5. The number of rotatable bonds is 6. The first-order valence-corrected chi connectivity index (χ1v) is 6.22. The number of hydrogen-bond donors (Lipinski definition) is 0. The molecule has 0 saturated heterocycles. The Morgan fingerprint density at radius 3 is 2.32 bits per heavy atom. The molecule has 4 heteroatoms. The minimum absolute atomic E-state index is 0.251. The van der Waals surface area contributed by atoms with Gasteiger partial charge >= 0.3 is 5.97 Å². The van der Waals surface area contributed by atoms with Crippen molar-refractivity contribution in [2.24, 2.45) is 0 Å². The Morgan fingerprint density at radius 1 is 1.21 bits per heavy atom. The summed E-state index contributed by atoms with van der Waals surface area (Å²) in [6, 6.07) is 9.60. The topological polar surface area (TPSA) is 52.6 Å². The van der Waals surface area contributed by atoms with Crippen LogP contribution < -0.4 is 0 Å². The first kappa shape index (κ1) is 15.4. The third-order valence-corrected chi connectivity index (χ3v) is 2.75. The number of ether oxygens (including phenoxy) is 2. The lowest BCUT2D eigenvalue weighted by Crippen LogP contribution is -2.42. The van der Waals surface area contributed by atoms with Crippen LogP contribution in [0.2, 0.25) is 0 Å². The molecule has 0 aliphatic carbocycles. The summed E-state index contributed by atoms with van der Waals surface area (Å²) in [5.41, 5.74) is -0.00596. The van der Waals surface area contributed by atoms with Gasteiger partial charge < -0.3 is 9.47 Å². The molecule has 0 saturated carbocycles. The van der Waals surface area contributed by atoms with E-state index in [0.717, 1.165) is 5.56 Å². The third-order valence-electron chi connectivity index (χ3n) is 2.75. The van der Waals surface area contributed by atoms with Crippen molar-refractivity contribution in [3.05, 3.63) is 35.9 Å². The van der Waals surface area contributed by atoms with E-state index in [2.05, 4.69) is 0 Å². The predicted molar refractivity (Wildman–Crippen MR) is 71.5 cm³/mol. The third kappa shape index (κ3) is 4.83. The fourth-order valence-corrected chi connectivity index (χ4v) is 1.70. The van der Waals surface area contributed by atoms with Crippen LogP contribution in [-0.4, -0.2) is 23.5 Å². The van der Waals surface area contributed by atoms with Gasteiger partial charge in [-0.15, -0.1) is 0 Å². The zero-order valence-electron chi connectivity index (χ0n) is 11.8. The van der Waals surface area contributed by atoms with Gasteiger partial charge in [-0.05, 0) is 26.3 Å². The molecule has 1 aromatic rings. The molecule has 0 aromatic heterocycles. The number of carbonyl (C=O) groups is 2. The largest absolute Gasteiger partial charge is 0.455 e. The van der Waals surface area contributed by atoms with Crippen molar-refractivity contribution >= 4 is 11.8 Å². The summed E-state index contributed by atoms with van der Waals surface area (Å²) in [7, 11) is 0. The Labute approximate surface area is 113 Å². The van der Waals surface area contributed by atoms with Crippen molar-refractivity contribution in [3.63, 3.8) is 0 Å². The van der Waals surface area contributed by atoms with Crippen LogP contribution in [0, 0.1) is 0 Å². The Morgan fingerprint density at radius 2 is 1.79 bits per heavy atom. The SMILES string of the molecule is CC(=O)OC(C)C(=O)C(C)(C)OCc1ccccc1. The van der Waals surface area contributed by atoms with Crippen LogP contribution in [0.1, 0.15) is 33.3 Å². The highest BCUT2D eigenvalue weighted by atomic mass is 16.6. The Hall–Kier alpha value is -1.68. The quantitative estimate of drug-likeness (QED) is 0.741. The van der Waals surface area contributed by atoms with Crippen molar-refractivity contribution in [1.82, 2.24) is 0 Å². The zero-order valence-corrected chi connectivity index (χ0v) is 11.8. The summed E-state index contributed by atoms with van der Waals surface area (Å²) in [6.45, 7) is 6.53. The van der Waals surface area contributed by atoms with E-state index >= 15 is 0 Å². The molecule has 0 fully saturated rings. The van der Waals surface area contributed by atoms with Crippen LogP contribution in [-0.2, 0) is 25.7 Å². The van der Waals surface area contributed by atoms with Crippen molar-refractivity contribution in [3.8, 4) is 0 Å². The maximum Gasteiger partial charge on any atom is 0.303 e. The highest BCUT2D eigenvalue weighted by molar-refractivity contribution is 5.91. The smallest absolute Gasteiger partial charge is 0.303 e. The summed E-state index contributed by atoms with van der Waals surface area (Å²) in [5, 5.41) is 0. The number of benzene rings is 1. The predicted octanol–water partition coefficient (Wildman–Crippen LogP) is 2.50. The van der Waals surface area contributed by atoms with Gasteiger partial charge in [-0.1, -0.05) is 30.3 Å². The Balaban J connectivity index is 2.59. The molecular weight excluding hydrogens is 244 g/mol. The molecule has 0 N–H and O–H groups in total. The van der Waals surface area contributed by atoms with Crippen molar-refractivity contribution in [2.75, 3.05) is 0 Å². The first-order valence-electron chi connectivity index (χ1n) is 6.22. The van der Waals surface area contributed by atoms with Gasteiger partial charge in [-0.2, -0.15) is 0 Å². The molecule has 0 aliphatic rings. The van der Waals surface area contributed by atoms with Crippen molar-refractivity contribution in [2.45, 2.75) is 46.0 Å². The molecule has 19 heavy (non-hydrogen) atoms. The number of Topliss-reactive ketones (excluding diaryl/α,β-unsaturated/α-hetero) is 1. The van der Waals surface area contributed by atoms with Crippen LogP contribution >= 0.6 is 0 Å². The molecule has 1 rings (SSSR count). The van der Waals surface area contributed by atoms with E-state index in [9.17, 15) is 9.59 Å². The molecule has 104 valence electrons. The molecule has 0 spiro atoms. The average molecular weight is 264 g/mol. The summed E-state index contributed by atoms with van der Waals surface area (Å²) in [6.07, 6.45) is -0.803. The summed E-state index contributed by atoms with van der Waals surface area (Å²) >= 11 is 0. The Kier molecular flexibility index (Phi) is 5.24. The second-order valence-electron chi connectivity index (χ2n) is 4.90. The lowest BCUT2D eigenvalue weighted by atomic mass is 9.99. The summed E-state index contributed by atoms with van der Waals surface area (Å²) < 4.78 is 10.5. The lowest BCUT2D eigenvalue weighted by Gasteiger charge is -2.26. The molecule has 0 aliphatic heterocycles. The molecule has 0 bridgehead atoms. The lowest BCUT2D eigenvalue weighted by molar-refractivity contribution is -0.162. The van der Waals surface area contributed by atoms with E-state index in [1.807, 2.05) is 30.3 Å². The monoisotopic (exact) mass is 264 g/mol. The van der Waals surface area contributed by atoms with Gasteiger partial charge in [0.25, 0.3) is 0 Å². The highest BCUT2D eigenvalue weighted by Gasteiger charge is 2.34. The molecule has 0 amide bonds. The van der Waals surface area contributed by atoms with E-state index in [1.165, 1.54) is 6.92 Å². The van der Waals surface area contributed by atoms with Crippen LogP contribution in [0.15, 0.2) is 30.3 Å². The van der Waals surface area contributed by atoms with E-state index in [1.54, 1.807) is 20.8 Å². The highest BCUT2D eigenvalue weighted by Crippen LogP contribution is 2.17. The maximum absolute atomic E-state index is 12.1. The van der Waals surface area contributed by atoms with E-state index < -0.39 is 17.7 Å². The normalized spacial score (nSPS) is 12.8. The number of carbonyl (C=O) groups excluding carboxylic acids is 2. The van der Waals surface area contributed by atoms with Gasteiger partial charge in [0.2, 0.25) is 5.78 Å². The van der Waals surface area contributed by atoms with Gasteiger partial charge in [0.05, 0.1) is 6.61 Å². The van der Waals surface area contributed by atoms with Crippen LogP contribution in [0.5, 0.6) is 0 Å². The van der Waals surface area contributed by atoms with Crippen molar-refractivity contribution < 1.29 is 19.1 Å². The molecular formula is C15H20O4. The van der Waals surface area contributed by atoms with Crippen LogP contribution in [0.4, 0.5) is 0 Å². The van der Waals surface area contributed by atoms with Crippen LogP contribution in [0.3, 0.4) is 0 Å². The Bertz CT molecular complexity index is 437. The minimum Gasteiger partial charge on any atom is -0.455 e. The second-order valence-corrected chi connectivity index (χ2v) is 4.90. The van der Waals surface area contributed by atoms with E-state index in [0.29, 0.717) is 6.61 Å². The molecule has 0 radical (unpaired) electrons. The van der Waals surface area contributed by atoms with Gasteiger partial charge in [-0.25, -0.2) is 0 Å². The van der Waals surface area contributed by atoms with Gasteiger partial charge in [0.1, 0.15) is 5.60 Å². The molecule has 1 atom stereocenters. The first-order chi connectivity index (χ1) is 8.83. The summed E-state index contributed by atoms with van der Waals surface area (Å²) in [4.78, 5) is 23.0. The van der Waals surface area contributed by atoms with E-state index in [4.69, 9.17) is 9.47 Å². The van der Waals surface area contributed by atoms with Crippen molar-refractivity contribution in [1.29, 1.82) is 0 Å². The number of hydrogen-bond acceptors (Lipinski definition) is 4. The second kappa shape index (κ2) is 6.48. The number of ketones is 1. The fourth-order valence-electron chi connectivity index (χ4n) is 1.70. The summed E-state index contributed by atoms with van der Waals surface area (Å²) in [5.74, 6) is -0.724.